The first kappa shape index (κ1) is 18.1. The molecule has 0 spiro atoms. The van der Waals surface area contributed by atoms with Crippen LogP contribution in [-0.2, 0) is 4.79 Å². The number of aliphatic imine (C=N–C) groups is 1. The predicted octanol–water partition coefficient (Wildman–Crippen LogP) is 3.49. The van der Waals surface area contributed by atoms with Crippen molar-refractivity contribution in [1.82, 2.24) is 14.8 Å². The third-order valence-electron chi connectivity index (χ3n) is 4.89. The van der Waals surface area contributed by atoms with Crippen LogP contribution in [0.2, 0.25) is 0 Å². The highest BCUT2D eigenvalue weighted by atomic mass is 32.1. The summed E-state index contributed by atoms with van der Waals surface area (Å²) in [5.74, 6) is 0.286. The van der Waals surface area contributed by atoms with Crippen LogP contribution in [0.25, 0.3) is 5.00 Å². The number of aromatic nitrogens is 3. The third-order valence-corrected chi connectivity index (χ3v) is 6.09. The van der Waals surface area contributed by atoms with Gasteiger partial charge in [0, 0.05) is 16.0 Å². The van der Waals surface area contributed by atoms with Crippen molar-refractivity contribution in [2.24, 2.45) is 4.99 Å². The van der Waals surface area contributed by atoms with Crippen molar-refractivity contribution >= 4 is 23.0 Å². The van der Waals surface area contributed by atoms with Crippen LogP contribution < -0.4 is 0 Å². The number of benzene rings is 1. The van der Waals surface area contributed by atoms with Crippen LogP contribution in [0.4, 0.5) is 0 Å². The Morgan fingerprint density at radius 1 is 1.25 bits per heavy atom. The van der Waals surface area contributed by atoms with Crippen molar-refractivity contribution in [2.45, 2.75) is 33.2 Å². The Bertz CT molecular complexity index is 1160. The Morgan fingerprint density at radius 3 is 2.61 bits per heavy atom. The first-order valence-electron chi connectivity index (χ1n) is 8.73. The van der Waals surface area contributed by atoms with E-state index < -0.39 is 12.0 Å². The molecular weight excluding hydrogens is 374 g/mol. The van der Waals surface area contributed by atoms with Gasteiger partial charge in [-0.05, 0) is 38.5 Å². The first-order valence-corrected chi connectivity index (χ1v) is 9.55. The van der Waals surface area contributed by atoms with Gasteiger partial charge in [-0.2, -0.15) is 5.26 Å². The van der Waals surface area contributed by atoms with E-state index in [0.717, 1.165) is 32.3 Å². The van der Waals surface area contributed by atoms with E-state index in [9.17, 15) is 9.90 Å². The van der Waals surface area contributed by atoms with E-state index >= 15 is 0 Å². The lowest BCUT2D eigenvalue weighted by atomic mass is 9.99. The van der Waals surface area contributed by atoms with Gasteiger partial charge in [0.15, 0.2) is 5.82 Å². The van der Waals surface area contributed by atoms with Gasteiger partial charge in [0.1, 0.15) is 16.9 Å². The molecule has 2 aromatic heterocycles. The molecule has 1 aliphatic heterocycles. The molecule has 3 heterocycles. The van der Waals surface area contributed by atoms with E-state index in [1.807, 2.05) is 30.5 Å². The summed E-state index contributed by atoms with van der Waals surface area (Å²) >= 11 is 1.62. The molecule has 3 aromatic rings. The van der Waals surface area contributed by atoms with Gasteiger partial charge in [0.05, 0.1) is 23.8 Å². The average Bonchev–Trinajstić information content (AvgIpc) is 3.14. The fourth-order valence-electron chi connectivity index (χ4n) is 3.39. The number of aliphatic carboxylic acids is 1. The van der Waals surface area contributed by atoms with Gasteiger partial charge in [-0.15, -0.1) is 21.5 Å². The quantitative estimate of drug-likeness (QED) is 0.736. The summed E-state index contributed by atoms with van der Waals surface area (Å²) < 4.78 is 1.92. The summed E-state index contributed by atoms with van der Waals surface area (Å²) in [6.07, 6.45) is -0.176. The number of carboxylic acid groups (broad SMARTS) is 1. The Balaban J connectivity index is 2.02. The maximum absolute atomic E-state index is 11.5. The van der Waals surface area contributed by atoms with E-state index in [4.69, 9.17) is 10.3 Å². The molecule has 0 aliphatic carbocycles. The number of carbonyl (C=O) groups is 1. The summed E-state index contributed by atoms with van der Waals surface area (Å²) in [5, 5.41) is 27.9. The fourth-order valence-corrected chi connectivity index (χ4v) is 4.61. The molecule has 0 saturated heterocycles. The van der Waals surface area contributed by atoms with Crippen molar-refractivity contribution in [1.29, 1.82) is 5.26 Å². The summed E-state index contributed by atoms with van der Waals surface area (Å²) in [6, 6.07) is 8.66. The van der Waals surface area contributed by atoms with Crippen LogP contribution in [0.1, 0.15) is 51.2 Å². The molecule has 0 radical (unpaired) electrons. The number of hydrogen-bond acceptors (Lipinski definition) is 6. The molecule has 28 heavy (non-hydrogen) atoms. The SMILES string of the molecule is Cc1sc2c(c1C)C(c1ccc(C#N)cc1)=N[C@@H](CC(=O)O)c1nnc(C)n1-2. The summed E-state index contributed by atoms with van der Waals surface area (Å²) in [4.78, 5) is 17.5. The molecule has 140 valence electrons. The van der Waals surface area contributed by atoms with Gasteiger partial charge < -0.3 is 5.11 Å². The van der Waals surface area contributed by atoms with Gasteiger partial charge in [0.2, 0.25) is 0 Å². The molecule has 0 bridgehead atoms. The molecule has 1 atom stereocenters. The highest BCUT2D eigenvalue weighted by Crippen LogP contribution is 2.39. The predicted molar refractivity (Wildman–Crippen MR) is 105 cm³/mol. The van der Waals surface area contributed by atoms with Crippen molar-refractivity contribution in [3.8, 4) is 11.1 Å². The Kier molecular flexibility index (Phi) is 4.32. The smallest absolute Gasteiger partial charge is 0.306 e. The fraction of sp³-hybridized carbons (Fsp3) is 0.250. The molecular formula is C20H17N5O2S. The van der Waals surface area contributed by atoms with Crippen LogP contribution in [0.15, 0.2) is 29.3 Å². The molecule has 4 rings (SSSR count). The largest absolute Gasteiger partial charge is 0.481 e. The number of thiophene rings is 1. The van der Waals surface area contributed by atoms with Crippen LogP contribution >= 0.6 is 11.3 Å². The monoisotopic (exact) mass is 391 g/mol. The number of hydrogen-bond donors (Lipinski definition) is 1. The standard InChI is InChI=1S/C20H17N5O2S/c1-10-11(2)28-20-17(10)18(14-6-4-13(9-21)5-7-14)22-15(8-16(26)27)19-24-23-12(3)25(19)20/h4-7,15H,8H2,1-3H3,(H,26,27)/t15-/m0/s1. The molecule has 0 saturated carbocycles. The van der Waals surface area contributed by atoms with E-state index in [-0.39, 0.29) is 6.42 Å². The van der Waals surface area contributed by atoms with Crippen molar-refractivity contribution < 1.29 is 9.90 Å². The second kappa shape index (κ2) is 6.69. The second-order valence-electron chi connectivity index (χ2n) is 6.68. The van der Waals surface area contributed by atoms with Gasteiger partial charge >= 0.3 is 5.97 Å². The molecule has 8 heteroatoms. The number of nitrogens with zero attached hydrogens (tertiary/aromatic N) is 5. The zero-order valence-corrected chi connectivity index (χ0v) is 16.4. The van der Waals surface area contributed by atoms with Crippen LogP contribution in [0.5, 0.6) is 0 Å². The molecule has 7 nitrogen and oxygen atoms in total. The minimum absolute atomic E-state index is 0.176. The van der Waals surface area contributed by atoms with E-state index in [1.165, 1.54) is 0 Å². The van der Waals surface area contributed by atoms with E-state index in [1.54, 1.807) is 23.5 Å². The summed E-state index contributed by atoms with van der Waals surface area (Å²) in [6.45, 7) is 5.95. The normalized spacial score (nSPS) is 15.2. The molecule has 0 unspecified atom stereocenters. The number of rotatable bonds is 3. The molecule has 1 N–H and O–H groups in total. The van der Waals surface area contributed by atoms with Gasteiger partial charge in [-0.1, -0.05) is 12.1 Å². The minimum Gasteiger partial charge on any atom is -0.481 e. The summed E-state index contributed by atoms with van der Waals surface area (Å²) in [7, 11) is 0. The topological polar surface area (TPSA) is 104 Å². The number of aryl methyl sites for hydroxylation is 2. The van der Waals surface area contributed by atoms with Crippen LogP contribution in [-0.4, -0.2) is 31.6 Å². The Morgan fingerprint density at radius 2 is 1.96 bits per heavy atom. The lowest BCUT2D eigenvalue weighted by Crippen LogP contribution is -2.10. The van der Waals surface area contributed by atoms with Crippen molar-refractivity contribution in [3.63, 3.8) is 0 Å². The molecule has 0 fully saturated rings. The zero-order chi connectivity index (χ0) is 20.0. The maximum atomic E-state index is 11.5. The molecule has 0 amide bonds. The Hall–Kier alpha value is -3.31. The lowest BCUT2D eigenvalue weighted by Gasteiger charge is -2.10. The van der Waals surface area contributed by atoms with E-state index in [2.05, 4.69) is 23.2 Å². The third kappa shape index (κ3) is 2.80. The minimum atomic E-state index is -0.946. The number of nitriles is 1. The first-order chi connectivity index (χ1) is 13.4. The van der Waals surface area contributed by atoms with Crippen molar-refractivity contribution in [3.05, 3.63) is 63.0 Å². The zero-order valence-electron chi connectivity index (χ0n) is 15.6. The van der Waals surface area contributed by atoms with Gasteiger partial charge in [-0.25, -0.2) is 0 Å². The maximum Gasteiger partial charge on any atom is 0.306 e. The second-order valence-corrected chi connectivity index (χ2v) is 7.89. The number of fused-ring (bicyclic) bond motifs is 3. The van der Waals surface area contributed by atoms with Crippen LogP contribution in [0, 0.1) is 32.1 Å². The molecule has 1 aliphatic rings. The van der Waals surface area contributed by atoms with Crippen molar-refractivity contribution in [2.75, 3.05) is 0 Å². The van der Waals surface area contributed by atoms with Crippen LogP contribution in [0.3, 0.4) is 0 Å². The average molecular weight is 391 g/mol. The highest BCUT2D eigenvalue weighted by Gasteiger charge is 2.32. The molecule has 1 aromatic carbocycles. The number of carboxylic acids is 1. The highest BCUT2D eigenvalue weighted by molar-refractivity contribution is 7.15. The summed E-state index contributed by atoms with van der Waals surface area (Å²) in [5.41, 5.74) is 4.18. The van der Waals surface area contributed by atoms with E-state index in [0.29, 0.717) is 17.2 Å². The lowest BCUT2D eigenvalue weighted by molar-refractivity contribution is -0.137. The Labute approximate surface area is 165 Å². The van der Waals surface area contributed by atoms with Gasteiger partial charge in [0.25, 0.3) is 0 Å². The van der Waals surface area contributed by atoms with Gasteiger partial charge in [-0.3, -0.25) is 14.4 Å².